The number of ether oxygens (including phenoxy) is 1. The molecule has 3 rings (SSSR count). The summed E-state index contributed by atoms with van der Waals surface area (Å²) in [6.07, 6.45) is -3.23. The number of furan rings is 1. The molecule has 0 saturated carbocycles. The number of benzene rings is 1. The third-order valence-corrected chi connectivity index (χ3v) is 4.16. The first-order chi connectivity index (χ1) is 12.5. The van der Waals surface area contributed by atoms with Gasteiger partial charge in [0, 0.05) is 13.6 Å². The van der Waals surface area contributed by atoms with Crippen LogP contribution in [0.4, 0.5) is 13.2 Å². The summed E-state index contributed by atoms with van der Waals surface area (Å²) in [7, 11) is 1.67. The molecule has 0 radical (unpaired) electrons. The van der Waals surface area contributed by atoms with Crippen LogP contribution in [0, 0.1) is 0 Å². The minimum absolute atomic E-state index is 0. The minimum atomic E-state index is -4.37. The number of nitrogens with one attached hydrogen (secondary N) is 1. The van der Waals surface area contributed by atoms with E-state index in [0.717, 1.165) is 17.9 Å². The number of nitrogens with zero attached hydrogens (tertiary/aromatic N) is 2. The number of morpholine rings is 1. The largest absolute Gasteiger partial charge is 0.467 e. The fourth-order valence-electron chi connectivity index (χ4n) is 2.87. The number of guanidine groups is 1. The van der Waals surface area contributed by atoms with E-state index >= 15 is 0 Å². The van der Waals surface area contributed by atoms with Gasteiger partial charge in [-0.3, -0.25) is 4.99 Å². The predicted molar refractivity (Wildman–Crippen MR) is 106 cm³/mol. The molecule has 1 aromatic heterocycles. The summed E-state index contributed by atoms with van der Waals surface area (Å²) in [5, 5.41) is 3.20. The molecular weight excluding hydrogens is 474 g/mol. The molecule has 0 amide bonds. The molecular formula is C18H21F3IN3O2. The van der Waals surface area contributed by atoms with E-state index in [1.165, 1.54) is 6.07 Å². The van der Waals surface area contributed by atoms with E-state index in [1.54, 1.807) is 25.4 Å². The summed E-state index contributed by atoms with van der Waals surface area (Å²) in [4.78, 5) is 6.22. The molecule has 1 N–H and O–H groups in total. The lowest BCUT2D eigenvalue weighted by molar-refractivity contribution is -0.137. The maximum absolute atomic E-state index is 12.9. The highest BCUT2D eigenvalue weighted by Crippen LogP contribution is 2.32. The highest BCUT2D eigenvalue weighted by atomic mass is 127. The second-order valence-electron chi connectivity index (χ2n) is 5.91. The molecule has 148 valence electrons. The Morgan fingerprint density at radius 2 is 2.11 bits per heavy atom. The van der Waals surface area contributed by atoms with Crippen molar-refractivity contribution >= 4 is 29.9 Å². The van der Waals surface area contributed by atoms with Crippen LogP contribution in [0.1, 0.15) is 23.0 Å². The normalized spacial score (nSPS) is 18.1. The van der Waals surface area contributed by atoms with Crippen molar-refractivity contribution in [2.24, 2.45) is 4.99 Å². The monoisotopic (exact) mass is 495 g/mol. The van der Waals surface area contributed by atoms with Gasteiger partial charge in [-0.2, -0.15) is 13.2 Å². The predicted octanol–water partition coefficient (Wildman–Crippen LogP) is 4.07. The smallest absolute Gasteiger partial charge is 0.416 e. The molecule has 1 aliphatic heterocycles. The van der Waals surface area contributed by atoms with Crippen molar-refractivity contribution in [3.05, 3.63) is 59.5 Å². The molecule has 1 saturated heterocycles. The third kappa shape index (κ3) is 5.61. The molecule has 1 fully saturated rings. The summed E-state index contributed by atoms with van der Waals surface area (Å²) in [5.74, 6) is 1.43. The van der Waals surface area contributed by atoms with Crippen LogP contribution >= 0.6 is 24.0 Å². The number of hydrogen-bond donors (Lipinski definition) is 1. The van der Waals surface area contributed by atoms with Crippen LogP contribution in [-0.4, -0.2) is 37.6 Å². The molecule has 0 bridgehead atoms. The molecule has 9 heteroatoms. The Morgan fingerprint density at radius 3 is 2.78 bits per heavy atom. The number of rotatable bonds is 3. The first-order valence-electron chi connectivity index (χ1n) is 8.24. The molecule has 1 atom stereocenters. The minimum Gasteiger partial charge on any atom is -0.467 e. The zero-order valence-electron chi connectivity index (χ0n) is 14.7. The summed E-state index contributed by atoms with van der Waals surface area (Å²) >= 11 is 0. The third-order valence-electron chi connectivity index (χ3n) is 4.16. The van der Waals surface area contributed by atoms with Crippen molar-refractivity contribution < 1.29 is 22.3 Å². The van der Waals surface area contributed by atoms with Gasteiger partial charge in [0.25, 0.3) is 0 Å². The molecule has 5 nitrogen and oxygen atoms in total. The fraction of sp³-hybridized carbons (Fsp3) is 0.389. The first-order valence-corrected chi connectivity index (χ1v) is 8.24. The van der Waals surface area contributed by atoms with E-state index in [-0.39, 0.29) is 24.0 Å². The van der Waals surface area contributed by atoms with Gasteiger partial charge in [0.2, 0.25) is 0 Å². The van der Waals surface area contributed by atoms with Gasteiger partial charge in [0.1, 0.15) is 11.9 Å². The second-order valence-corrected chi connectivity index (χ2v) is 5.91. The molecule has 1 aliphatic rings. The zero-order valence-corrected chi connectivity index (χ0v) is 17.0. The van der Waals surface area contributed by atoms with E-state index in [0.29, 0.717) is 37.8 Å². The van der Waals surface area contributed by atoms with Crippen LogP contribution in [0.2, 0.25) is 0 Å². The van der Waals surface area contributed by atoms with Gasteiger partial charge in [-0.25, -0.2) is 0 Å². The lowest BCUT2D eigenvalue weighted by atomic mass is 10.0. The van der Waals surface area contributed by atoms with E-state index in [4.69, 9.17) is 9.15 Å². The van der Waals surface area contributed by atoms with Gasteiger partial charge in [0.15, 0.2) is 5.96 Å². The summed E-state index contributed by atoms with van der Waals surface area (Å²) in [5.41, 5.74) is -0.165. The number of hydrogen-bond acceptors (Lipinski definition) is 3. The van der Waals surface area contributed by atoms with Crippen LogP contribution < -0.4 is 5.32 Å². The number of alkyl halides is 3. The fourth-order valence-corrected chi connectivity index (χ4v) is 2.87. The van der Waals surface area contributed by atoms with Crippen molar-refractivity contribution in [2.45, 2.75) is 18.8 Å². The van der Waals surface area contributed by atoms with E-state index < -0.39 is 17.8 Å². The quantitative estimate of drug-likeness (QED) is 0.397. The Hall–Kier alpha value is -1.75. The van der Waals surface area contributed by atoms with Crippen molar-refractivity contribution in [1.29, 1.82) is 0 Å². The average Bonchev–Trinajstić information content (AvgIpc) is 3.15. The van der Waals surface area contributed by atoms with Gasteiger partial charge in [-0.1, -0.05) is 12.1 Å². The van der Waals surface area contributed by atoms with Crippen molar-refractivity contribution in [1.82, 2.24) is 10.2 Å². The number of aliphatic imine (C=N–C) groups is 1. The van der Waals surface area contributed by atoms with Crippen molar-refractivity contribution in [2.75, 3.05) is 26.7 Å². The van der Waals surface area contributed by atoms with Crippen LogP contribution in [-0.2, 0) is 17.5 Å². The standard InChI is InChI=1S/C18H20F3N3O2.HI/c1-22-17(23-11-15-6-3-8-25-15)24-7-9-26-16(12-24)13-4-2-5-14(10-13)18(19,20)21;/h2-6,8,10,16H,7,9,11-12H2,1H3,(H,22,23);1H. The molecule has 2 heterocycles. The topological polar surface area (TPSA) is 50.0 Å². The van der Waals surface area contributed by atoms with E-state index in [9.17, 15) is 13.2 Å². The van der Waals surface area contributed by atoms with Gasteiger partial charge < -0.3 is 19.4 Å². The maximum Gasteiger partial charge on any atom is 0.416 e. The molecule has 0 spiro atoms. The Bertz CT molecular complexity index is 751. The second kappa shape index (κ2) is 9.45. The van der Waals surface area contributed by atoms with E-state index in [2.05, 4.69) is 10.3 Å². The van der Waals surface area contributed by atoms with Crippen LogP contribution in [0.3, 0.4) is 0 Å². The molecule has 0 aliphatic carbocycles. The number of halogens is 4. The summed E-state index contributed by atoms with van der Waals surface area (Å²) < 4.78 is 49.8. The van der Waals surface area contributed by atoms with Crippen molar-refractivity contribution in [3.63, 3.8) is 0 Å². The lowest BCUT2D eigenvalue weighted by Crippen LogP contribution is -2.47. The van der Waals surface area contributed by atoms with Gasteiger partial charge >= 0.3 is 6.18 Å². The Morgan fingerprint density at radius 1 is 1.30 bits per heavy atom. The Balaban J connectivity index is 0.00000261. The van der Waals surface area contributed by atoms with Gasteiger partial charge in [0.05, 0.1) is 31.5 Å². The highest BCUT2D eigenvalue weighted by Gasteiger charge is 2.32. The van der Waals surface area contributed by atoms with Gasteiger partial charge in [-0.05, 0) is 29.8 Å². The lowest BCUT2D eigenvalue weighted by Gasteiger charge is -2.35. The van der Waals surface area contributed by atoms with Crippen LogP contribution in [0.5, 0.6) is 0 Å². The maximum atomic E-state index is 12.9. The molecule has 2 aromatic rings. The Kier molecular flexibility index (Phi) is 7.54. The average molecular weight is 495 g/mol. The summed E-state index contributed by atoms with van der Waals surface area (Å²) in [6, 6.07) is 8.93. The molecule has 1 aromatic carbocycles. The Labute approximate surface area is 172 Å². The molecule has 1 unspecified atom stereocenters. The van der Waals surface area contributed by atoms with Crippen molar-refractivity contribution in [3.8, 4) is 0 Å². The van der Waals surface area contributed by atoms with E-state index in [1.807, 2.05) is 11.0 Å². The first kappa shape index (κ1) is 21.5. The molecule has 27 heavy (non-hydrogen) atoms. The van der Waals surface area contributed by atoms with Crippen LogP contribution in [0.15, 0.2) is 52.1 Å². The summed E-state index contributed by atoms with van der Waals surface area (Å²) in [6.45, 7) is 1.90. The van der Waals surface area contributed by atoms with Crippen LogP contribution in [0.25, 0.3) is 0 Å². The van der Waals surface area contributed by atoms with Gasteiger partial charge in [-0.15, -0.1) is 24.0 Å². The zero-order chi connectivity index (χ0) is 18.6. The SMILES string of the molecule is CN=C(NCc1ccco1)N1CCOC(c2cccc(C(F)(F)F)c2)C1.I. The highest BCUT2D eigenvalue weighted by molar-refractivity contribution is 14.0.